The van der Waals surface area contributed by atoms with Crippen molar-refractivity contribution in [2.75, 3.05) is 11.4 Å². The summed E-state index contributed by atoms with van der Waals surface area (Å²) in [6.07, 6.45) is -0.555. The molecule has 2 aromatic rings. The number of nitrogens with zero attached hydrogens (tertiary/aromatic N) is 3. The number of amides is 1. The second-order valence-electron chi connectivity index (χ2n) is 4.31. The fraction of sp³-hybridized carbons (Fsp3) is 0.250. The molecule has 1 atom stereocenters. The molecule has 0 aliphatic carbocycles. The lowest BCUT2D eigenvalue weighted by atomic mass is 10.2. The van der Waals surface area contributed by atoms with Crippen molar-refractivity contribution in [2.45, 2.75) is 12.5 Å². The molecule has 1 aliphatic heterocycles. The Hall–Kier alpha value is -1.24. The molecule has 2 heterocycles. The predicted octanol–water partition coefficient (Wildman–Crippen LogP) is 2.14. The molecule has 0 spiro atoms. The molecule has 1 aromatic heterocycles. The third-order valence-corrected chi connectivity index (χ3v) is 3.80. The summed E-state index contributed by atoms with van der Waals surface area (Å²) in [7, 11) is 0. The molecule has 1 amide bonds. The molecule has 1 saturated heterocycles. The Kier molecular flexibility index (Phi) is 3.16. The van der Waals surface area contributed by atoms with E-state index in [1.807, 2.05) is 18.2 Å². The summed E-state index contributed by atoms with van der Waals surface area (Å²) < 4.78 is 0.780. The van der Waals surface area contributed by atoms with Crippen LogP contribution in [0.4, 0.5) is 5.82 Å². The third kappa shape index (κ3) is 2.20. The maximum atomic E-state index is 11.9. The Balaban J connectivity index is 2.23. The van der Waals surface area contributed by atoms with Crippen LogP contribution in [0.5, 0.6) is 0 Å². The topological polar surface area (TPSA) is 66.3 Å². The molecule has 19 heavy (non-hydrogen) atoms. The molecule has 1 unspecified atom stereocenters. The molecule has 1 aliphatic rings. The molecule has 3 rings (SSSR count). The van der Waals surface area contributed by atoms with E-state index in [0.29, 0.717) is 11.3 Å². The first-order valence-corrected chi connectivity index (χ1v) is 6.83. The average molecular weight is 343 g/mol. The minimum absolute atomic E-state index is 0.0728. The number of rotatable bonds is 1. The van der Waals surface area contributed by atoms with Gasteiger partial charge < -0.3 is 5.11 Å². The number of anilines is 1. The number of halogens is 2. The third-order valence-electron chi connectivity index (χ3n) is 2.99. The summed E-state index contributed by atoms with van der Waals surface area (Å²) in [4.78, 5) is 21.6. The lowest BCUT2D eigenvalue weighted by Crippen LogP contribution is -2.26. The zero-order valence-electron chi connectivity index (χ0n) is 9.68. The molecule has 1 fully saturated rings. The van der Waals surface area contributed by atoms with Gasteiger partial charge in [-0.15, -0.1) is 0 Å². The molecule has 0 saturated carbocycles. The van der Waals surface area contributed by atoms with E-state index in [4.69, 9.17) is 11.6 Å². The van der Waals surface area contributed by atoms with Crippen molar-refractivity contribution in [3.05, 3.63) is 28.0 Å². The number of aromatic nitrogens is 2. The van der Waals surface area contributed by atoms with Gasteiger partial charge >= 0.3 is 0 Å². The van der Waals surface area contributed by atoms with Gasteiger partial charge in [-0.2, -0.15) is 4.98 Å². The minimum Gasteiger partial charge on any atom is -0.391 e. The molecular formula is C12H9BrClN3O2. The van der Waals surface area contributed by atoms with Crippen LogP contribution in [0.1, 0.15) is 6.42 Å². The Morgan fingerprint density at radius 3 is 2.89 bits per heavy atom. The van der Waals surface area contributed by atoms with Crippen LogP contribution in [-0.4, -0.2) is 33.6 Å². The first-order chi connectivity index (χ1) is 9.06. The van der Waals surface area contributed by atoms with Crippen molar-refractivity contribution >= 4 is 50.2 Å². The number of hydrogen-bond acceptors (Lipinski definition) is 4. The normalized spacial score (nSPS) is 19.4. The monoisotopic (exact) mass is 341 g/mol. The minimum atomic E-state index is -0.663. The van der Waals surface area contributed by atoms with E-state index < -0.39 is 6.10 Å². The highest BCUT2D eigenvalue weighted by Crippen LogP contribution is 2.32. The van der Waals surface area contributed by atoms with Crippen LogP contribution in [0, 0.1) is 0 Å². The highest BCUT2D eigenvalue weighted by molar-refractivity contribution is 9.10. The van der Waals surface area contributed by atoms with E-state index in [1.165, 1.54) is 4.90 Å². The lowest BCUT2D eigenvalue weighted by molar-refractivity contribution is -0.117. The van der Waals surface area contributed by atoms with Crippen molar-refractivity contribution in [2.24, 2.45) is 0 Å². The maximum Gasteiger partial charge on any atom is 0.230 e. The summed E-state index contributed by atoms with van der Waals surface area (Å²) in [6.45, 7) is 0.230. The van der Waals surface area contributed by atoms with Gasteiger partial charge in [-0.05, 0) is 39.7 Å². The standard InChI is InChI=1S/C12H9BrClN3O2/c13-8-3-1-2-7-10(8)15-12(14)16-11(7)17-5-6(18)4-9(17)19/h1-3,6,18H,4-5H2. The van der Waals surface area contributed by atoms with Gasteiger partial charge in [-0.25, -0.2) is 4.98 Å². The summed E-state index contributed by atoms with van der Waals surface area (Å²) in [6, 6.07) is 5.50. The molecule has 7 heteroatoms. The largest absolute Gasteiger partial charge is 0.391 e. The Bertz CT molecular complexity index is 679. The SMILES string of the molecule is O=C1CC(O)CN1c1nc(Cl)nc2c(Br)cccc12. The van der Waals surface area contributed by atoms with Crippen LogP contribution in [0.15, 0.2) is 22.7 Å². The van der Waals surface area contributed by atoms with Crippen LogP contribution in [0.25, 0.3) is 10.9 Å². The Morgan fingerprint density at radius 2 is 2.21 bits per heavy atom. The summed E-state index contributed by atoms with van der Waals surface area (Å²) in [5, 5.41) is 10.4. The van der Waals surface area contributed by atoms with Gasteiger partial charge in [0.2, 0.25) is 11.2 Å². The van der Waals surface area contributed by atoms with Gasteiger partial charge in [-0.1, -0.05) is 6.07 Å². The molecule has 5 nitrogen and oxygen atoms in total. The van der Waals surface area contributed by atoms with E-state index >= 15 is 0 Å². The molecule has 0 radical (unpaired) electrons. The lowest BCUT2D eigenvalue weighted by Gasteiger charge is -2.17. The fourth-order valence-electron chi connectivity index (χ4n) is 2.17. The number of β-amino-alcohol motifs (C(OH)–C–C–N with tert-alkyl or cyclic N) is 1. The van der Waals surface area contributed by atoms with Crippen LogP contribution >= 0.6 is 27.5 Å². The second kappa shape index (κ2) is 4.70. The van der Waals surface area contributed by atoms with Crippen molar-refractivity contribution in [3.8, 4) is 0 Å². The van der Waals surface area contributed by atoms with Crippen LogP contribution in [0.2, 0.25) is 5.28 Å². The quantitative estimate of drug-likeness (QED) is 0.806. The smallest absolute Gasteiger partial charge is 0.230 e. The first kappa shape index (κ1) is 12.8. The first-order valence-electron chi connectivity index (χ1n) is 5.66. The van der Waals surface area contributed by atoms with E-state index in [9.17, 15) is 9.90 Å². The van der Waals surface area contributed by atoms with Crippen molar-refractivity contribution < 1.29 is 9.90 Å². The van der Waals surface area contributed by atoms with Crippen molar-refractivity contribution in [1.29, 1.82) is 0 Å². The van der Waals surface area contributed by atoms with Gasteiger partial charge in [0.25, 0.3) is 0 Å². The second-order valence-corrected chi connectivity index (χ2v) is 5.51. The number of carbonyl (C=O) groups is 1. The summed E-state index contributed by atoms with van der Waals surface area (Å²) in [5.74, 6) is 0.279. The van der Waals surface area contributed by atoms with Gasteiger partial charge in [0.1, 0.15) is 5.82 Å². The van der Waals surface area contributed by atoms with Crippen molar-refractivity contribution in [1.82, 2.24) is 9.97 Å². The number of benzene rings is 1. The van der Waals surface area contributed by atoms with Gasteiger partial charge in [0, 0.05) is 9.86 Å². The number of carbonyl (C=O) groups excluding carboxylic acids is 1. The number of para-hydroxylation sites is 1. The van der Waals surface area contributed by atoms with Gasteiger partial charge in [-0.3, -0.25) is 9.69 Å². The number of aliphatic hydroxyl groups excluding tert-OH is 1. The van der Waals surface area contributed by atoms with Crippen LogP contribution < -0.4 is 4.90 Å². The van der Waals surface area contributed by atoms with Crippen LogP contribution in [-0.2, 0) is 4.79 Å². The summed E-state index contributed by atoms with van der Waals surface area (Å²) >= 11 is 9.31. The van der Waals surface area contributed by atoms with E-state index in [-0.39, 0.29) is 24.2 Å². The Labute approximate surface area is 122 Å². The molecule has 98 valence electrons. The Morgan fingerprint density at radius 1 is 1.42 bits per heavy atom. The zero-order chi connectivity index (χ0) is 13.6. The summed E-state index contributed by atoms with van der Waals surface area (Å²) in [5.41, 5.74) is 0.645. The van der Waals surface area contributed by atoms with E-state index in [1.54, 1.807) is 0 Å². The number of hydrogen-bond donors (Lipinski definition) is 1. The molecular weight excluding hydrogens is 334 g/mol. The van der Waals surface area contributed by atoms with Crippen molar-refractivity contribution in [3.63, 3.8) is 0 Å². The predicted molar refractivity (Wildman–Crippen MR) is 75.2 cm³/mol. The molecule has 1 aromatic carbocycles. The fourth-order valence-corrected chi connectivity index (χ4v) is 2.79. The van der Waals surface area contributed by atoms with Crippen LogP contribution in [0.3, 0.4) is 0 Å². The van der Waals surface area contributed by atoms with Gasteiger partial charge in [0.15, 0.2) is 0 Å². The number of aliphatic hydroxyl groups is 1. The average Bonchev–Trinajstić information content (AvgIpc) is 2.69. The number of fused-ring (bicyclic) bond motifs is 1. The van der Waals surface area contributed by atoms with E-state index in [2.05, 4.69) is 25.9 Å². The zero-order valence-corrected chi connectivity index (χ0v) is 12.0. The maximum absolute atomic E-state index is 11.9. The van der Waals surface area contributed by atoms with Gasteiger partial charge in [0.05, 0.1) is 24.6 Å². The highest BCUT2D eigenvalue weighted by Gasteiger charge is 2.31. The highest BCUT2D eigenvalue weighted by atomic mass is 79.9. The van der Waals surface area contributed by atoms with E-state index in [0.717, 1.165) is 9.86 Å². The molecule has 0 bridgehead atoms. The molecule has 1 N–H and O–H groups in total.